The Morgan fingerprint density at radius 2 is 1.86 bits per heavy atom. The summed E-state index contributed by atoms with van der Waals surface area (Å²) in [6.07, 6.45) is 1.82. The molecule has 0 saturated heterocycles. The number of nitrogens with zero attached hydrogens (tertiary/aromatic N) is 2. The fourth-order valence-electron chi connectivity index (χ4n) is 3.16. The third-order valence-corrected chi connectivity index (χ3v) is 4.57. The van der Waals surface area contributed by atoms with Gasteiger partial charge in [0.15, 0.2) is 5.96 Å². The van der Waals surface area contributed by atoms with E-state index in [-0.39, 0.29) is 43.0 Å². The number of guanidine groups is 1. The Balaban J connectivity index is 0.00000784. The molecule has 0 aliphatic rings. The predicted octanol–water partition coefficient (Wildman–Crippen LogP) is 3.25. The summed E-state index contributed by atoms with van der Waals surface area (Å²) in [5, 5.41) is 15.8. The zero-order valence-electron chi connectivity index (χ0n) is 18.4. The van der Waals surface area contributed by atoms with E-state index in [1.165, 1.54) is 0 Å². The van der Waals surface area contributed by atoms with Crippen LogP contribution in [0.15, 0.2) is 35.3 Å². The van der Waals surface area contributed by atoms with E-state index in [1.54, 1.807) is 0 Å². The molecule has 0 aliphatic carbocycles. The zero-order chi connectivity index (χ0) is 20.8. The zero-order valence-corrected chi connectivity index (χ0v) is 20.7. The van der Waals surface area contributed by atoms with Crippen LogP contribution >= 0.6 is 24.0 Å². The van der Waals surface area contributed by atoms with Gasteiger partial charge in [0.2, 0.25) is 5.91 Å². The minimum Gasteiger partial charge on any atom is -0.396 e. The van der Waals surface area contributed by atoms with E-state index >= 15 is 0 Å². The van der Waals surface area contributed by atoms with Crippen LogP contribution in [0.2, 0.25) is 0 Å². The molecule has 0 heterocycles. The number of likely N-dealkylation sites (N-methyl/N-ethyl adjacent to an activating group) is 1. The van der Waals surface area contributed by atoms with Gasteiger partial charge in [0, 0.05) is 32.8 Å². The van der Waals surface area contributed by atoms with Gasteiger partial charge in [-0.1, -0.05) is 44.2 Å². The van der Waals surface area contributed by atoms with Crippen LogP contribution in [0.4, 0.5) is 0 Å². The van der Waals surface area contributed by atoms with Gasteiger partial charge in [0.25, 0.3) is 0 Å². The summed E-state index contributed by atoms with van der Waals surface area (Å²) < 4.78 is 0. The van der Waals surface area contributed by atoms with E-state index in [2.05, 4.69) is 29.5 Å². The molecule has 0 radical (unpaired) electrons. The molecule has 0 bridgehead atoms. The average molecular weight is 518 g/mol. The van der Waals surface area contributed by atoms with Crippen LogP contribution in [0, 0.1) is 11.8 Å². The second-order valence-corrected chi connectivity index (χ2v) is 7.48. The summed E-state index contributed by atoms with van der Waals surface area (Å²) >= 11 is 0. The minimum atomic E-state index is 0. The van der Waals surface area contributed by atoms with Gasteiger partial charge in [0.1, 0.15) is 6.54 Å². The molecule has 6 nitrogen and oxygen atoms in total. The van der Waals surface area contributed by atoms with Crippen molar-refractivity contribution in [2.24, 2.45) is 16.8 Å². The number of aliphatic hydroxyl groups excluding tert-OH is 1. The smallest absolute Gasteiger partial charge is 0.244 e. The largest absolute Gasteiger partial charge is 0.396 e. The number of hydrogen-bond donors (Lipinski definition) is 3. The molecule has 0 fully saturated rings. The molecule has 3 N–H and O–H groups in total. The molecular weight excluding hydrogens is 479 g/mol. The summed E-state index contributed by atoms with van der Waals surface area (Å²) in [4.78, 5) is 18.9. The number of rotatable bonds is 12. The van der Waals surface area contributed by atoms with Gasteiger partial charge in [0.05, 0.1) is 0 Å². The molecule has 29 heavy (non-hydrogen) atoms. The number of halogens is 1. The number of nitrogens with one attached hydrogen (secondary N) is 2. The Morgan fingerprint density at radius 1 is 1.17 bits per heavy atom. The summed E-state index contributed by atoms with van der Waals surface area (Å²) in [5.74, 6) is 1.63. The molecule has 0 spiro atoms. The Kier molecular flexibility index (Phi) is 15.7. The maximum Gasteiger partial charge on any atom is 0.244 e. The lowest BCUT2D eigenvalue weighted by atomic mass is 9.94. The average Bonchev–Trinajstić information content (AvgIpc) is 2.68. The highest BCUT2D eigenvalue weighted by molar-refractivity contribution is 14.0. The Bertz CT molecular complexity index is 581. The van der Waals surface area contributed by atoms with Crippen molar-refractivity contribution in [2.45, 2.75) is 47.1 Å². The second kappa shape index (κ2) is 16.4. The minimum absolute atomic E-state index is 0. The van der Waals surface area contributed by atoms with Gasteiger partial charge >= 0.3 is 0 Å². The molecule has 0 aliphatic heterocycles. The van der Waals surface area contributed by atoms with Crippen molar-refractivity contribution >= 4 is 35.8 Å². The maximum atomic E-state index is 12.6. The van der Waals surface area contributed by atoms with Gasteiger partial charge in [-0.2, -0.15) is 0 Å². The summed E-state index contributed by atoms with van der Waals surface area (Å²) in [5.41, 5.74) is 1.12. The third-order valence-electron chi connectivity index (χ3n) is 4.57. The van der Waals surface area contributed by atoms with E-state index in [0.717, 1.165) is 31.5 Å². The van der Waals surface area contributed by atoms with Crippen LogP contribution in [-0.4, -0.2) is 54.7 Å². The SMILES string of the molecule is CCNC(=NCC(=O)N(CC)Cc1ccccc1)NCC(CCO)CC(C)C.I. The first kappa shape index (κ1) is 27.6. The van der Waals surface area contributed by atoms with E-state index < -0.39 is 0 Å². The monoisotopic (exact) mass is 518 g/mol. The van der Waals surface area contributed by atoms with Crippen molar-refractivity contribution in [2.75, 3.05) is 32.8 Å². The van der Waals surface area contributed by atoms with Crippen LogP contribution in [-0.2, 0) is 11.3 Å². The second-order valence-electron chi connectivity index (χ2n) is 7.48. The van der Waals surface area contributed by atoms with Gasteiger partial charge in [-0.3, -0.25) is 4.79 Å². The maximum absolute atomic E-state index is 12.6. The number of benzene rings is 1. The summed E-state index contributed by atoms with van der Waals surface area (Å²) in [6, 6.07) is 10.0. The van der Waals surface area contributed by atoms with Gasteiger partial charge in [-0.25, -0.2) is 4.99 Å². The van der Waals surface area contributed by atoms with Gasteiger partial charge in [-0.05, 0) is 44.1 Å². The molecule has 1 atom stereocenters. The molecule has 1 aromatic rings. The summed E-state index contributed by atoms with van der Waals surface area (Å²) in [7, 11) is 0. The normalized spacial score (nSPS) is 12.3. The van der Waals surface area contributed by atoms with Crippen molar-refractivity contribution in [3.05, 3.63) is 35.9 Å². The van der Waals surface area contributed by atoms with E-state index in [4.69, 9.17) is 0 Å². The number of aliphatic imine (C=N–C) groups is 1. The van der Waals surface area contributed by atoms with Crippen LogP contribution in [0.1, 0.15) is 46.1 Å². The van der Waals surface area contributed by atoms with Crippen LogP contribution in [0.3, 0.4) is 0 Å². The van der Waals surface area contributed by atoms with Crippen molar-refractivity contribution in [3.8, 4) is 0 Å². The van der Waals surface area contributed by atoms with Crippen molar-refractivity contribution in [3.63, 3.8) is 0 Å². The lowest BCUT2D eigenvalue weighted by Gasteiger charge is -2.22. The molecule has 0 saturated carbocycles. The molecule has 166 valence electrons. The highest BCUT2D eigenvalue weighted by Gasteiger charge is 2.14. The molecule has 1 aromatic carbocycles. The Morgan fingerprint density at radius 3 is 2.41 bits per heavy atom. The number of amides is 1. The number of aliphatic hydroxyl groups is 1. The first-order valence-electron chi connectivity index (χ1n) is 10.4. The van der Waals surface area contributed by atoms with Crippen molar-refractivity contribution in [1.29, 1.82) is 0 Å². The highest BCUT2D eigenvalue weighted by Crippen LogP contribution is 2.14. The number of carbonyl (C=O) groups is 1. The van der Waals surface area contributed by atoms with Crippen molar-refractivity contribution < 1.29 is 9.90 Å². The van der Waals surface area contributed by atoms with Gasteiger partial charge in [-0.15, -0.1) is 24.0 Å². The quantitative estimate of drug-likeness (QED) is 0.226. The van der Waals surface area contributed by atoms with Crippen LogP contribution in [0.25, 0.3) is 0 Å². The Hall–Kier alpha value is -1.35. The molecule has 0 aromatic heterocycles. The fraction of sp³-hybridized carbons (Fsp3) is 0.636. The lowest BCUT2D eigenvalue weighted by Crippen LogP contribution is -2.41. The van der Waals surface area contributed by atoms with E-state index in [0.29, 0.717) is 30.9 Å². The molecule has 1 unspecified atom stereocenters. The van der Waals surface area contributed by atoms with Gasteiger partial charge < -0.3 is 20.6 Å². The highest BCUT2D eigenvalue weighted by atomic mass is 127. The standard InChI is InChI=1S/C22H38N4O2.HI/c1-5-23-22(24-15-20(12-13-27)14-18(3)4)25-16-21(28)26(6-2)17-19-10-8-7-9-11-19;/h7-11,18,20,27H,5-6,12-17H2,1-4H3,(H2,23,24,25);1H. The molecular formula is C22H39IN4O2. The summed E-state index contributed by atoms with van der Waals surface area (Å²) in [6.45, 7) is 11.4. The lowest BCUT2D eigenvalue weighted by molar-refractivity contribution is -0.130. The van der Waals surface area contributed by atoms with E-state index in [1.807, 2.05) is 49.1 Å². The first-order chi connectivity index (χ1) is 13.5. The fourth-order valence-corrected chi connectivity index (χ4v) is 3.16. The molecule has 1 amide bonds. The first-order valence-corrected chi connectivity index (χ1v) is 10.4. The topological polar surface area (TPSA) is 77.0 Å². The Labute approximate surface area is 193 Å². The van der Waals surface area contributed by atoms with Crippen LogP contribution in [0.5, 0.6) is 0 Å². The van der Waals surface area contributed by atoms with Crippen molar-refractivity contribution in [1.82, 2.24) is 15.5 Å². The molecule has 7 heteroatoms. The number of carbonyl (C=O) groups excluding carboxylic acids is 1. The predicted molar refractivity (Wildman–Crippen MR) is 132 cm³/mol. The molecule has 1 rings (SSSR count). The van der Waals surface area contributed by atoms with E-state index in [9.17, 15) is 9.90 Å². The number of hydrogen-bond acceptors (Lipinski definition) is 3. The van der Waals surface area contributed by atoms with Crippen LogP contribution < -0.4 is 10.6 Å². The third kappa shape index (κ3) is 12.1.